The first kappa shape index (κ1) is 22.1. The van der Waals surface area contributed by atoms with Crippen molar-refractivity contribution in [3.8, 4) is 17.1 Å². The predicted molar refractivity (Wildman–Crippen MR) is 130 cm³/mol. The summed E-state index contributed by atoms with van der Waals surface area (Å²) >= 11 is 1.32. The van der Waals surface area contributed by atoms with Crippen molar-refractivity contribution in [2.24, 2.45) is 0 Å². The number of aryl methyl sites for hydroxylation is 1. The van der Waals surface area contributed by atoms with Gasteiger partial charge in [-0.05, 0) is 49.6 Å². The second-order valence-corrected chi connectivity index (χ2v) is 9.13. The molecule has 3 aromatic heterocycles. The normalized spacial score (nSPS) is 13.4. The van der Waals surface area contributed by atoms with Crippen molar-refractivity contribution < 1.29 is 9.59 Å². The number of para-hydroxylation sites is 1. The number of Topliss-reactive ketones (excluding diaryl/α,β-unsaturated/α-hetero) is 1. The monoisotopic (exact) mass is 472 g/mol. The van der Waals surface area contributed by atoms with Crippen LogP contribution in [0.3, 0.4) is 0 Å². The van der Waals surface area contributed by atoms with Gasteiger partial charge in [0.05, 0.1) is 11.4 Å². The third-order valence-electron chi connectivity index (χ3n) is 5.87. The van der Waals surface area contributed by atoms with Gasteiger partial charge in [0, 0.05) is 42.8 Å². The fraction of sp³-hybridized carbons (Fsp3) is 0.240. The van der Waals surface area contributed by atoms with Crippen molar-refractivity contribution >= 4 is 23.5 Å². The van der Waals surface area contributed by atoms with Gasteiger partial charge in [0.2, 0.25) is 0 Å². The highest BCUT2D eigenvalue weighted by molar-refractivity contribution is 7.99. The Morgan fingerprint density at radius 2 is 1.91 bits per heavy atom. The lowest BCUT2D eigenvalue weighted by atomic mass is 10.2. The van der Waals surface area contributed by atoms with E-state index in [1.807, 2.05) is 52.8 Å². The van der Waals surface area contributed by atoms with Crippen molar-refractivity contribution in [1.82, 2.24) is 29.6 Å². The third-order valence-corrected chi connectivity index (χ3v) is 6.80. The summed E-state index contributed by atoms with van der Waals surface area (Å²) < 4.78 is 1.96. The first-order valence-electron chi connectivity index (χ1n) is 11.2. The van der Waals surface area contributed by atoms with Crippen LogP contribution in [0.15, 0.2) is 66.2 Å². The molecule has 0 atom stereocenters. The average molecular weight is 473 g/mol. The average Bonchev–Trinajstić information content (AvgIpc) is 3.64. The van der Waals surface area contributed by atoms with E-state index in [9.17, 15) is 9.59 Å². The number of ketones is 1. The van der Waals surface area contributed by atoms with E-state index in [1.54, 1.807) is 24.7 Å². The molecule has 1 aliphatic heterocycles. The van der Waals surface area contributed by atoms with Crippen LogP contribution >= 0.6 is 11.8 Å². The molecule has 5 rings (SSSR count). The van der Waals surface area contributed by atoms with Crippen molar-refractivity contribution in [1.29, 1.82) is 0 Å². The largest absolute Gasteiger partial charge is 0.356 e. The van der Waals surface area contributed by atoms with Crippen molar-refractivity contribution in [2.75, 3.05) is 18.8 Å². The Kier molecular flexibility index (Phi) is 6.27. The number of pyridine rings is 1. The standard InChI is InChI=1S/C25H24N6O2S/c1-17-7-2-3-9-21(17)31-23(18-8-6-10-26-14-18)28-29-25(31)34-16-22(32)19-13-20(27-15-19)24(33)30-11-4-5-12-30/h2-3,6-10,13-15,27H,4-5,11-12,16H2,1H3. The number of carbonyl (C=O) groups is 2. The van der Waals surface area contributed by atoms with Crippen LogP contribution in [0, 0.1) is 6.92 Å². The maximum atomic E-state index is 12.9. The SMILES string of the molecule is Cc1ccccc1-n1c(SCC(=O)c2c[nH]c(C(=O)N3CCCC3)c2)nnc1-c1cccnc1. The highest BCUT2D eigenvalue weighted by Gasteiger charge is 2.23. The fourth-order valence-corrected chi connectivity index (χ4v) is 4.90. The van der Waals surface area contributed by atoms with Crippen molar-refractivity contribution in [3.63, 3.8) is 0 Å². The topological polar surface area (TPSA) is 96.8 Å². The summed E-state index contributed by atoms with van der Waals surface area (Å²) in [6, 6.07) is 13.4. The predicted octanol–water partition coefficient (Wildman–Crippen LogP) is 4.18. The minimum absolute atomic E-state index is 0.0513. The van der Waals surface area contributed by atoms with E-state index in [4.69, 9.17) is 0 Å². The first-order chi connectivity index (χ1) is 16.6. The zero-order valence-corrected chi connectivity index (χ0v) is 19.6. The van der Waals surface area contributed by atoms with E-state index in [0.29, 0.717) is 22.2 Å². The minimum Gasteiger partial charge on any atom is -0.356 e. The molecule has 0 spiro atoms. The number of H-pyrrole nitrogens is 1. The van der Waals surface area contributed by atoms with Crippen molar-refractivity contribution in [3.05, 3.63) is 77.9 Å². The number of aromatic amines is 1. The summed E-state index contributed by atoms with van der Waals surface area (Å²) in [4.78, 5) is 34.5. The molecular formula is C25H24N6O2S. The number of amides is 1. The van der Waals surface area contributed by atoms with Crippen LogP contribution in [-0.2, 0) is 0 Å². The highest BCUT2D eigenvalue weighted by atomic mass is 32.2. The third kappa shape index (κ3) is 4.38. The van der Waals surface area contributed by atoms with Gasteiger partial charge in [-0.25, -0.2) is 0 Å². The molecule has 1 saturated heterocycles. The second kappa shape index (κ2) is 9.64. The Labute approximate surface area is 201 Å². The van der Waals surface area contributed by atoms with Crippen LogP contribution < -0.4 is 0 Å². The van der Waals surface area contributed by atoms with Crippen LogP contribution in [0.1, 0.15) is 39.3 Å². The number of benzene rings is 1. The van der Waals surface area contributed by atoms with Gasteiger partial charge in [0.25, 0.3) is 5.91 Å². The molecular weight excluding hydrogens is 448 g/mol. The molecule has 172 valence electrons. The summed E-state index contributed by atoms with van der Waals surface area (Å²) in [5, 5.41) is 9.42. The minimum atomic E-state index is -0.0796. The molecule has 0 saturated carbocycles. The van der Waals surface area contributed by atoms with Gasteiger partial charge in [0.1, 0.15) is 5.69 Å². The molecule has 8 nitrogen and oxygen atoms in total. The van der Waals surface area contributed by atoms with Crippen LogP contribution in [0.5, 0.6) is 0 Å². The van der Waals surface area contributed by atoms with E-state index in [2.05, 4.69) is 20.2 Å². The van der Waals surface area contributed by atoms with Crippen LogP contribution in [0.25, 0.3) is 17.1 Å². The van der Waals surface area contributed by atoms with Gasteiger partial charge >= 0.3 is 0 Å². The summed E-state index contributed by atoms with van der Waals surface area (Å²) in [6.07, 6.45) is 7.12. The van der Waals surface area contributed by atoms with Crippen LogP contribution in [0.4, 0.5) is 0 Å². The molecule has 9 heteroatoms. The first-order valence-corrected chi connectivity index (χ1v) is 12.2. The Hall–Kier alpha value is -3.72. The second-order valence-electron chi connectivity index (χ2n) is 8.18. The van der Waals surface area contributed by atoms with E-state index < -0.39 is 0 Å². The fourth-order valence-electron chi connectivity index (χ4n) is 4.06. The number of rotatable bonds is 7. The smallest absolute Gasteiger partial charge is 0.270 e. The summed E-state index contributed by atoms with van der Waals surface area (Å²) in [5.41, 5.74) is 3.80. The number of carbonyl (C=O) groups excluding carboxylic acids is 2. The van der Waals surface area contributed by atoms with Crippen molar-refractivity contribution in [2.45, 2.75) is 24.9 Å². The van der Waals surface area contributed by atoms with Gasteiger partial charge < -0.3 is 9.88 Å². The van der Waals surface area contributed by atoms with Gasteiger partial charge in [0.15, 0.2) is 16.8 Å². The van der Waals surface area contributed by atoms with Crippen LogP contribution in [0.2, 0.25) is 0 Å². The molecule has 1 aliphatic rings. The number of thioether (sulfide) groups is 1. The van der Waals surface area contributed by atoms with Gasteiger partial charge in [-0.3, -0.25) is 19.1 Å². The molecule has 1 amide bonds. The Bertz CT molecular complexity index is 1320. The lowest BCUT2D eigenvalue weighted by Crippen LogP contribution is -2.27. The lowest BCUT2D eigenvalue weighted by molar-refractivity contribution is 0.0787. The lowest BCUT2D eigenvalue weighted by Gasteiger charge is -2.13. The molecule has 1 fully saturated rings. The maximum Gasteiger partial charge on any atom is 0.270 e. The van der Waals surface area contributed by atoms with Gasteiger partial charge in [-0.15, -0.1) is 10.2 Å². The molecule has 0 bridgehead atoms. The molecule has 0 unspecified atom stereocenters. The Morgan fingerprint density at radius 3 is 2.68 bits per heavy atom. The number of nitrogens with one attached hydrogen (secondary N) is 1. The number of aromatic nitrogens is 5. The number of nitrogens with zero attached hydrogens (tertiary/aromatic N) is 5. The van der Waals surface area contributed by atoms with E-state index in [1.165, 1.54) is 11.8 Å². The Morgan fingerprint density at radius 1 is 1.09 bits per heavy atom. The summed E-state index contributed by atoms with van der Waals surface area (Å²) in [5.74, 6) is 0.706. The molecule has 4 heterocycles. The molecule has 1 N–H and O–H groups in total. The number of likely N-dealkylation sites (tertiary alicyclic amines) is 1. The van der Waals surface area contributed by atoms with E-state index in [0.717, 1.165) is 42.7 Å². The highest BCUT2D eigenvalue weighted by Crippen LogP contribution is 2.29. The summed E-state index contributed by atoms with van der Waals surface area (Å²) in [6.45, 7) is 3.57. The Balaban J connectivity index is 1.38. The zero-order chi connectivity index (χ0) is 23.5. The number of hydrogen-bond donors (Lipinski definition) is 1. The molecule has 4 aromatic rings. The van der Waals surface area contributed by atoms with Gasteiger partial charge in [-0.1, -0.05) is 30.0 Å². The van der Waals surface area contributed by atoms with Crippen LogP contribution in [-0.4, -0.2) is 60.2 Å². The molecule has 1 aromatic carbocycles. The quantitative estimate of drug-likeness (QED) is 0.320. The molecule has 0 radical (unpaired) electrons. The van der Waals surface area contributed by atoms with E-state index >= 15 is 0 Å². The zero-order valence-electron chi connectivity index (χ0n) is 18.8. The summed E-state index contributed by atoms with van der Waals surface area (Å²) in [7, 11) is 0. The van der Waals surface area contributed by atoms with Gasteiger partial charge in [-0.2, -0.15) is 0 Å². The number of hydrogen-bond acceptors (Lipinski definition) is 6. The molecule has 0 aliphatic carbocycles. The molecule has 34 heavy (non-hydrogen) atoms. The van der Waals surface area contributed by atoms with E-state index in [-0.39, 0.29) is 17.4 Å². The maximum absolute atomic E-state index is 12.9.